The molecular formula is C43H26N2O2S. The molecule has 48 heavy (non-hydrogen) atoms. The van der Waals surface area contributed by atoms with Gasteiger partial charge in [0.15, 0.2) is 11.2 Å². The molecule has 4 nitrogen and oxygen atoms in total. The van der Waals surface area contributed by atoms with Gasteiger partial charge in [-0.15, -0.1) is 11.3 Å². The summed E-state index contributed by atoms with van der Waals surface area (Å²) in [5.41, 5.74) is 9.47. The van der Waals surface area contributed by atoms with Crippen molar-refractivity contribution in [1.29, 1.82) is 0 Å². The summed E-state index contributed by atoms with van der Waals surface area (Å²) in [6, 6.07) is 55.0. The standard InChI is InChI=1S/C43H26N2O2S/c1-3-10-27(11-4-1)28-18-20-30(21-19-28)45(31-22-23-33-32-14-7-8-17-38(32)48-39(33)26-31)35-16-9-15-34-40-36(46-42(34)35)24-25-37-41(40)44-43(47-37)29-12-5-2-6-13-29/h1-26H. The first-order valence-electron chi connectivity index (χ1n) is 16.0. The zero-order valence-corrected chi connectivity index (χ0v) is 26.4. The molecule has 0 spiro atoms. The van der Waals surface area contributed by atoms with Gasteiger partial charge in [0, 0.05) is 42.5 Å². The maximum Gasteiger partial charge on any atom is 0.227 e. The van der Waals surface area contributed by atoms with Crippen LogP contribution in [0.4, 0.5) is 17.1 Å². The summed E-state index contributed by atoms with van der Waals surface area (Å²) < 4.78 is 15.5. The average molecular weight is 635 g/mol. The van der Waals surface area contributed by atoms with Crippen LogP contribution in [-0.4, -0.2) is 4.98 Å². The highest BCUT2D eigenvalue weighted by molar-refractivity contribution is 7.25. The molecular weight excluding hydrogens is 609 g/mol. The Hall–Kier alpha value is -6.17. The number of aromatic nitrogens is 1. The second kappa shape index (κ2) is 10.7. The summed E-state index contributed by atoms with van der Waals surface area (Å²) in [4.78, 5) is 7.28. The highest BCUT2D eigenvalue weighted by atomic mass is 32.1. The number of furan rings is 1. The minimum absolute atomic E-state index is 0.598. The van der Waals surface area contributed by atoms with Gasteiger partial charge < -0.3 is 13.7 Å². The normalized spacial score (nSPS) is 11.8. The summed E-state index contributed by atoms with van der Waals surface area (Å²) in [7, 11) is 0. The molecule has 0 aliphatic carbocycles. The highest BCUT2D eigenvalue weighted by Gasteiger charge is 2.22. The van der Waals surface area contributed by atoms with E-state index in [1.165, 1.54) is 31.3 Å². The monoisotopic (exact) mass is 634 g/mol. The van der Waals surface area contributed by atoms with Crippen LogP contribution in [0.2, 0.25) is 0 Å². The van der Waals surface area contributed by atoms with E-state index in [0.717, 1.165) is 55.7 Å². The van der Waals surface area contributed by atoms with Gasteiger partial charge in [-0.05, 0) is 71.8 Å². The Morgan fingerprint density at radius 2 is 1.15 bits per heavy atom. The van der Waals surface area contributed by atoms with E-state index in [0.29, 0.717) is 5.89 Å². The molecule has 0 aliphatic rings. The Balaban J connectivity index is 1.19. The molecule has 0 fully saturated rings. The largest absolute Gasteiger partial charge is 0.454 e. The van der Waals surface area contributed by atoms with Gasteiger partial charge >= 0.3 is 0 Å². The molecule has 226 valence electrons. The molecule has 10 aromatic rings. The number of fused-ring (bicyclic) bond motifs is 8. The molecule has 0 radical (unpaired) electrons. The van der Waals surface area contributed by atoms with E-state index in [4.69, 9.17) is 13.8 Å². The fraction of sp³-hybridized carbons (Fsp3) is 0. The summed E-state index contributed by atoms with van der Waals surface area (Å²) >= 11 is 1.82. The third-order valence-electron chi connectivity index (χ3n) is 9.11. The van der Waals surface area contributed by atoms with Crippen LogP contribution in [0.25, 0.3) is 75.8 Å². The average Bonchev–Trinajstić information content (AvgIpc) is 3.86. The minimum Gasteiger partial charge on any atom is -0.454 e. The van der Waals surface area contributed by atoms with Gasteiger partial charge in [-0.25, -0.2) is 4.98 Å². The number of nitrogens with zero attached hydrogens (tertiary/aromatic N) is 2. The van der Waals surface area contributed by atoms with Crippen LogP contribution < -0.4 is 4.90 Å². The SMILES string of the molecule is c1ccc(-c2ccc(N(c3ccc4c(c3)sc3ccccc34)c3cccc4c3oc3ccc5oc(-c6ccccc6)nc5c34)cc2)cc1. The molecule has 0 bridgehead atoms. The van der Waals surface area contributed by atoms with Crippen molar-refractivity contribution in [3.63, 3.8) is 0 Å². The summed E-state index contributed by atoms with van der Waals surface area (Å²) in [6.07, 6.45) is 0. The zero-order chi connectivity index (χ0) is 31.6. The molecule has 10 rings (SSSR count). The summed E-state index contributed by atoms with van der Waals surface area (Å²) in [5.74, 6) is 0.598. The van der Waals surface area contributed by atoms with Crippen LogP contribution in [0, 0.1) is 0 Å². The molecule has 3 heterocycles. The molecule has 0 aliphatic heterocycles. The number of para-hydroxylation sites is 1. The number of thiophene rings is 1. The van der Waals surface area contributed by atoms with Gasteiger partial charge in [-0.2, -0.15) is 0 Å². The number of hydrogen-bond donors (Lipinski definition) is 0. The summed E-state index contributed by atoms with van der Waals surface area (Å²) in [5, 5.41) is 4.50. The van der Waals surface area contributed by atoms with Crippen molar-refractivity contribution in [1.82, 2.24) is 4.98 Å². The van der Waals surface area contributed by atoms with Crippen LogP contribution >= 0.6 is 11.3 Å². The molecule has 0 atom stereocenters. The topological polar surface area (TPSA) is 42.4 Å². The van der Waals surface area contributed by atoms with E-state index in [1.54, 1.807) is 0 Å². The molecule has 0 saturated carbocycles. The van der Waals surface area contributed by atoms with Gasteiger partial charge in [-0.3, -0.25) is 0 Å². The smallest absolute Gasteiger partial charge is 0.227 e. The fourth-order valence-corrected chi connectivity index (χ4v) is 7.99. The van der Waals surface area contributed by atoms with Crippen molar-refractivity contribution in [2.24, 2.45) is 0 Å². The Morgan fingerprint density at radius 1 is 0.479 bits per heavy atom. The maximum absolute atomic E-state index is 6.74. The Labute approximate surface area is 279 Å². The lowest BCUT2D eigenvalue weighted by Gasteiger charge is -2.26. The van der Waals surface area contributed by atoms with Gasteiger partial charge in [-0.1, -0.05) is 97.1 Å². The van der Waals surface area contributed by atoms with Crippen molar-refractivity contribution >= 4 is 81.6 Å². The second-order valence-corrected chi connectivity index (χ2v) is 13.0. The zero-order valence-electron chi connectivity index (χ0n) is 25.6. The summed E-state index contributed by atoms with van der Waals surface area (Å²) in [6.45, 7) is 0. The van der Waals surface area contributed by atoms with E-state index < -0.39 is 0 Å². The Morgan fingerprint density at radius 3 is 1.98 bits per heavy atom. The van der Waals surface area contributed by atoms with Crippen molar-refractivity contribution in [2.45, 2.75) is 0 Å². The third kappa shape index (κ3) is 4.25. The van der Waals surface area contributed by atoms with Crippen LogP contribution in [-0.2, 0) is 0 Å². The number of hydrogen-bond acceptors (Lipinski definition) is 5. The van der Waals surface area contributed by atoms with Crippen LogP contribution in [0.3, 0.4) is 0 Å². The van der Waals surface area contributed by atoms with Gasteiger partial charge in [0.25, 0.3) is 0 Å². The van der Waals surface area contributed by atoms with Crippen molar-refractivity contribution in [2.75, 3.05) is 4.90 Å². The lowest BCUT2D eigenvalue weighted by Crippen LogP contribution is -2.10. The van der Waals surface area contributed by atoms with Crippen molar-refractivity contribution < 1.29 is 8.83 Å². The predicted octanol–water partition coefficient (Wildman–Crippen LogP) is 12.9. The number of oxazole rings is 1. The van der Waals surface area contributed by atoms with E-state index in [1.807, 2.05) is 59.9 Å². The number of benzene rings is 7. The van der Waals surface area contributed by atoms with Crippen LogP contribution in [0.5, 0.6) is 0 Å². The van der Waals surface area contributed by atoms with E-state index in [-0.39, 0.29) is 0 Å². The molecule has 0 saturated heterocycles. The van der Waals surface area contributed by atoms with Gasteiger partial charge in [0.2, 0.25) is 5.89 Å². The Bertz CT molecular complexity index is 2780. The molecule has 0 unspecified atom stereocenters. The van der Waals surface area contributed by atoms with Crippen LogP contribution in [0.15, 0.2) is 167 Å². The molecule has 3 aromatic heterocycles. The fourth-order valence-electron chi connectivity index (χ4n) is 6.85. The molecule has 5 heteroatoms. The number of anilines is 3. The molecule has 0 amide bonds. The quantitative estimate of drug-likeness (QED) is 0.189. The number of rotatable bonds is 5. The predicted molar refractivity (Wildman–Crippen MR) is 200 cm³/mol. The molecule has 7 aromatic carbocycles. The van der Waals surface area contributed by atoms with E-state index in [9.17, 15) is 0 Å². The highest BCUT2D eigenvalue weighted by Crippen LogP contribution is 2.46. The minimum atomic E-state index is 0.598. The second-order valence-electron chi connectivity index (χ2n) is 12.0. The van der Waals surface area contributed by atoms with Crippen molar-refractivity contribution in [3.05, 3.63) is 158 Å². The van der Waals surface area contributed by atoms with Crippen LogP contribution in [0.1, 0.15) is 0 Å². The van der Waals surface area contributed by atoms with Crippen molar-refractivity contribution in [3.8, 4) is 22.6 Å². The molecule has 0 N–H and O–H groups in total. The lowest BCUT2D eigenvalue weighted by molar-refractivity contribution is 0.619. The third-order valence-corrected chi connectivity index (χ3v) is 10.2. The van der Waals surface area contributed by atoms with Gasteiger partial charge in [0.1, 0.15) is 11.1 Å². The van der Waals surface area contributed by atoms with E-state index >= 15 is 0 Å². The van der Waals surface area contributed by atoms with Gasteiger partial charge in [0.05, 0.1) is 11.1 Å². The first-order chi connectivity index (χ1) is 23.8. The van der Waals surface area contributed by atoms with E-state index in [2.05, 4.69) is 114 Å². The first-order valence-corrected chi connectivity index (χ1v) is 16.8. The first kappa shape index (κ1) is 27.0. The maximum atomic E-state index is 6.74. The Kier molecular flexibility index (Phi) is 6.01. The lowest BCUT2D eigenvalue weighted by atomic mass is 10.0.